The smallest absolute Gasteiger partial charge is 0.408 e. The molecular formula is C30H42N4O5. The largest absolute Gasteiger partial charge is 0.436 e. The highest BCUT2D eigenvalue weighted by atomic mass is 16.6. The number of ether oxygens (including phenoxy) is 1. The number of allylic oxidation sites excluding steroid dienone is 1. The summed E-state index contributed by atoms with van der Waals surface area (Å²) in [5.74, 6) is -0.987. The molecule has 1 saturated carbocycles. The molecule has 3 aliphatic rings. The van der Waals surface area contributed by atoms with Crippen LogP contribution in [0.15, 0.2) is 42.5 Å². The first-order valence-electron chi connectivity index (χ1n) is 14.2. The van der Waals surface area contributed by atoms with Crippen molar-refractivity contribution < 1.29 is 23.9 Å². The van der Waals surface area contributed by atoms with Crippen LogP contribution >= 0.6 is 0 Å². The highest BCUT2D eigenvalue weighted by Gasteiger charge is 2.60. The second-order valence-corrected chi connectivity index (χ2v) is 12.0. The van der Waals surface area contributed by atoms with Gasteiger partial charge in [-0.05, 0) is 71.3 Å². The zero-order valence-electron chi connectivity index (χ0n) is 23.3. The molecule has 0 bridgehead atoms. The van der Waals surface area contributed by atoms with Gasteiger partial charge in [0.25, 0.3) is 5.91 Å². The molecule has 3 N–H and O–H groups in total. The van der Waals surface area contributed by atoms with E-state index < -0.39 is 29.3 Å². The Bertz CT molecular complexity index is 1080. The molecule has 39 heavy (non-hydrogen) atoms. The molecule has 1 aromatic rings. The van der Waals surface area contributed by atoms with Gasteiger partial charge in [0.2, 0.25) is 11.8 Å². The summed E-state index contributed by atoms with van der Waals surface area (Å²) in [6, 6.07) is 8.95. The molecule has 4 atom stereocenters. The van der Waals surface area contributed by atoms with Crippen molar-refractivity contribution in [2.24, 2.45) is 5.92 Å². The predicted molar refractivity (Wildman–Crippen MR) is 147 cm³/mol. The number of carbonyl (C=O) groups excluding carboxylic acids is 4. The molecule has 212 valence electrons. The fraction of sp³-hybridized carbons (Fsp3) is 0.600. The molecular weight excluding hydrogens is 496 g/mol. The summed E-state index contributed by atoms with van der Waals surface area (Å²) in [5.41, 5.74) is -0.548. The molecule has 1 aromatic carbocycles. The topological polar surface area (TPSA) is 117 Å². The Morgan fingerprint density at radius 2 is 1.85 bits per heavy atom. The number of hydrogen-bond acceptors (Lipinski definition) is 5. The summed E-state index contributed by atoms with van der Waals surface area (Å²) in [7, 11) is 0. The third kappa shape index (κ3) is 7.40. The highest BCUT2D eigenvalue weighted by Crippen LogP contribution is 2.45. The Balaban J connectivity index is 1.51. The van der Waals surface area contributed by atoms with Gasteiger partial charge in [-0.1, -0.05) is 48.9 Å². The van der Waals surface area contributed by atoms with Crippen LogP contribution < -0.4 is 16.0 Å². The van der Waals surface area contributed by atoms with Crippen molar-refractivity contribution in [1.29, 1.82) is 0 Å². The van der Waals surface area contributed by atoms with E-state index in [4.69, 9.17) is 4.74 Å². The van der Waals surface area contributed by atoms with Crippen LogP contribution in [-0.4, -0.2) is 58.5 Å². The quantitative estimate of drug-likeness (QED) is 0.507. The maximum atomic E-state index is 13.6. The second kappa shape index (κ2) is 12.2. The van der Waals surface area contributed by atoms with Crippen molar-refractivity contribution in [2.75, 3.05) is 6.54 Å². The molecule has 1 saturated heterocycles. The van der Waals surface area contributed by atoms with E-state index >= 15 is 0 Å². The second-order valence-electron chi connectivity index (χ2n) is 12.0. The van der Waals surface area contributed by atoms with Crippen LogP contribution in [0.4, 0.5) is 4.79 Å². The fourth-order valence-corrected chi connectivity index (χ4v) is 5.44. The van der Waals surface area contributed by atoms with Crippen LogP contribution in [0.1, 0.15) is 77.7 Å². The van der Waals surface area contributed by atoms with Crippen molar-refractivity contribution in [2.45, 2.75) is 102 Å². The summed E-state index contributed by atoms with van der Waals surface area (Å²) in [5, 5.41) is 8.79. The van der Waals surface area contributed by atoms with Gasteiger partial charge in [-0.3, -0.25) is 14.4 Å². The van der Waals surface area contributed by atoms with Gasteiger partial charge in [-0.15, -0.1) is 0 Å². The Morgan fingerprint density at radius 1 is 1.08 bits per heavy atom. The molecule has 2 heterocycles. The van der Waals surface area contributed by atoms with Crippen molar-refractivity contribution in [3.8, 4) is 0 Å². The maximum Gasteiger partial charge on any atom is 0.408 e. The minimum Gasteiger partial charge on any atom is -0.436 e. The summed E-state index contributed by atoms with van der Waals surface area (Å²) in [6.45, 7) is 6.32. The average Bonchev–Trinajstić information content (AvgIpc) is 3.34. The lowest BCUT2D eigenvalue weighted by Crippen LogP contribution is -2.56. The Morgan fingerprint density at radius 3 is 2.59 bits per heavy atom. The van der Waals surface area contributed by atoms with Gasteiger partial charge in [0.05, 0.1) is 0 Å². The van der Waals surface area contributed by atoms with Gasteiger partial charge < -0.3 is 25.6 Å². The molecule has 9 heteroatoms. The van der Waals surface area contributed by atoms with Gasteiger partial charge in [0, 0.05) is 24.5 Å². The number of alkyl carbamates (subject to hydrolysis) is 1. The first-order chi connectivity index (χ1) is 18.6. The normalized spacial score (nSPS) is 28.6. The predicted octanol–water partition coefficient (Wildman–Crippen LogP) is 3.58. The first-order valence-corrected chi connectivity index (χ1v) is 14.2. The third-order valence-electron chi connectivity index (χ3n) is 7.61. The van der Waals surface area contributed by atoms with Crippen LogP contribution in [-0.2, 0) is 25.7 Å². The van der Waals surface area contributed by atoms with E-state index in [1.54, 1.807) is 0 Å². The Labute approximate surface area is 231 Å². The molecule has 9 nitrogen and oxygen atoms in total. The summed E-state index contributed by atoms with van der Waals surface area (Å²) in [6.07, 6.45) is 7.99. The van der Waals surface area contributed by atoms with Crippen molar-refractivity contribution in [1.82, 2.24) is 20.9 Å². The van der Waals surface area contributed by atoms with E-state index in [1.807, 2.05) is 57.2 Å². The van der Waals surface area contributed by atoms with E-state index in [2.05, 4.69) is 22.0 Å². The van der Waals surface area contributed by atoms with E-state index in [-0.39, 0.29) is 23.6 Å². The number of carbonyl (C=O) groups is 4. The van der Waals surface area contributed by atoms with Crippen molar-refractivity contribution in [3.63, 3.8) is 0 Å². The number of amides is 4. The van der Waals surface area contributed by atoms with Crippen LogP contribution in [0.3, 0.4) is 0 Å². The van der Waals surface area contributed by atoms with Crippen molar-refractivity contribution >= 4 is 23.8 Å². The number of nitrogens with one attached hydrogen (secondary N) is 3. The molecule has 2 fully saturated rings. The monoisotopic (exact) mass is 538 g/mol. The third-order valence-corrected chi connectivity index (χ3v) is 7.61. The van der Waals surface area contributed by atoms with Gasteiger partial charge in [0.1, 0.15) is 11.6 Å². The van der Waals surface area contributed by atoms with E-state index in [9.17, 15) is 19.2 Å². The molecule has 4 amide bonds. The fourth-order valence-electron chi connectivity index (χ4n) is 5.44. The number of hydrogen-bond donors (Lipinski definition) is 3. The maximum absolute atomic E-state index is 13.6. The molecule has 0 aromatic heterocycles. The van der Waals surface area contributed by atoms with Crippen LogP contribution in [0.5, 0.6) is 0 Å². The molecule has 1 aliphatic carbocycles. The molecule has 2 aliphatic heterocycles. The summed E-state index contributed by atoms with van der Waals surface area (Å²) >= 11 is 0. The minimum absolute atomic E-state index is 0.0925. The summed E-state index contributed by atoms with van der Waals surface area (Å²) < 4.78 is 5.62. The summed E-state index contributed by atoms with van der Waals surface area (Å²) in [4.78, 5) is 54.7. The number of rotatable bonds is 4. The Hall–Kier alpha value is -3.36. The van der Waals surface area contributed by atoms with E-state index in [0.717, 1.165) is 31.2 Å². The zero-order chi connectivity index (χ0) is 28.0. The zero-order valence-corrected chi connectivity index (χ0v) is 23.3. The molecule has 4 unspecified atom stereocenters. The highest BCUT2D eigenvalue weighted by molar-refractivity contribution is 5.98. The molecule has 0 radical (unpaired) electrons. The lowest BCUT2D eigenvalue weighted by atomic mass is 10.1. The average molecular weight is 539 g/mol. The van der Waals surface area contributed by atoms with Gasteiger partial charge >= 0.3 is 6.09 Å². The molecule has 0 spiro atoms. The standard InChI is InChI=1S/C30H42N4O5/c1-29(2,3)33-28(38)39-24-17-11-6-4-5-10-15-22-19-30(22,27(37)31-20-21-13-8-7-9-14-21)32-25(35)23-16-12-18-34(23)26(24)36/h7-10,13-15,22-24H,4-6,11-12,16-20H2,1-3H3,(H,31,37)(H,32,35)(H,33,38)/b15-10+. The van der Waals surface area contributed by atoms with Crippen LogP contribution in [0.2, 0.25) is 0 Å². The SMILES string of the molecule is CC(C)(C)NC(=O)OC1CCCCC/C=C/C2CC2(C(=O)NCc2ccccc2)NC(=O)C2CCCN2C1=O. The van der Waals surface area contributed by atoms with Crippen LogP contribution in [0.25, 0.3) is 0 Å². The van der Waals surface area contributed by atoms with Gasteiger partial charge in [0.15, 0.2) is 6.10 Å². The number of benzene rings is 1. The van der Waals surface area contributed by atoms with Gasteiger partial charge in [-0.2, -0.15) is 0 Å². The Kier molecular flexibility index (Phi) is 8.97. The minimum atomic E-state index is -1.03. The number of fused-ring (bicyclic) bond motifs is 2. The van der Waals surface area contributed by atoms with Crippen molar-refractivity contribution in [3.05, 3.63) is 48.0 Å². The first kappa shape index (κ1) is 28.6. The van der Waals surface area contributed by atoms with Gasteiger partial charge in [-0.25, -0.2) is 4.79 Å². The lowest BCUT2D eigenvalue weighted by Gasteiger charge is -2.30. The van der Waals surface area contributed by atoms with Crippen LogP contribution in [0, 0.1) is 5.92 Å². The number of nitrogens with zero attached hydrogens (tertiary/aromatic N) is 1. The lowest BCUT2D eigenvalue weighted by molar-refractivity contribution is -0.146. The van der Waals surface area contributed by atoms with E-state index in [1.165, 1.54) is 4.90 Å². The van der Waals surface area contributed by atoms with E-state index in [0.29, 0.717) is 38.8 Å². The molecule has 4 rings (SSSR count).